The molecule has 1 heterocycles. The quantitative estimate of drug-likeness (QED) is 0.450. The first-order chi connectivity index (χ1) is 14.1. The van der Waals surface area contributed by atoms with Gasteiger partial charge in [-0.3, -0.25) is 4.79 Å². The summed E-state index contributed by atoms with van der Waals surface area (Å²) in [5, 5.41) is 13.9. The molecule has 6 heteroatoms. The Balaban J connectivity index is 1.38. The number of amides is 1. The van der Waals surface area contributed by atoms with E-state index in [2.05, 4.69) is 33.7 Å². The van der Waals surface area contributed by atoms with Gasteiger partial charge in [0.05, 0.1) is 11.8 Å². The third kappa shape index (κ3) is 4.49. The summed E-state index contributed by atoms with van der Waals surface area (Å²) in [6, 6.07) is 22.1. The highest BCUT2D eigenvalue weighted by molar-refractivity contribution is 7.99. The minimum atomic E-state index is -0.0975. The third-order valence-electron chi connectivity index (χ3n) is 4.67. The molecule has 0 bridgehead atoms. The largest absolute Gasteiger partial charge is 0.411 e. The molecule has 4 aromatic rings. The van der Waals surface area contributed by atoms with E-state index in [1.54, 1.807) is 0 Å². The van der Waals surface area contributed by atoms with Gasteiger partial charge in [0, 0.05) is 5.56 Å². The standard InChI is InChI=1S/C23H21N3O2S/c1-15-7-5-10-18(13-15)22-25-26-23(28-22)29-14-21(27)24-16(2)19-12-6-9-17-8-3-4-11-20(17)19/h3-13,16H,14H2,1-2H3,(H,24,27)/t16-/m0/s1. The van der Waals surface area contributed by atoms with E-state index < -0.39 is 0 Å². The van der Waals surface area contributed by atoms with Crippen LogP contribution in [0.25, 0.3) is 22.2 Å². The van der Waals surface area contributed by atoms with Crippen molar-refractivity contribution in [2.24, 2.45) is 0 Å². The van der Waals surface area contributed by atoms with Crippen LogP contribution >= 0.6 is 11.8 Å². The zero-order valence-electron chi connectivity index (χ0n) is 16.3. The first-order valence-corrected chi connectivity index (χ1v) is 10.4. The van der Waals surface area contributed by atoms with Crippen LogP contribution in [-0.4, -0.2) is 21.9 Å². The number of carbonyl (C=O) groups excluding carboxylic acids is 1. The van der Waals surface area contributed by atoms with Gasteiger partial charge >= 0.3 is 0 Å². The zero-order valence-corrected chi connectivity index (χ0v) is 17.1. The molecule has 146 valence electrons. The van der Waals surface area contributed by atoms with E-state index in [1.807, 2.05) is 62.4 Å². The lowest BCUT2D eigenvalue weighted by Crippen LogP contribution is -2.28. The second-order valence-electron chi connectivity index (χ2n) is 6.89. The van der Waals surface area contributed by atoms with E-state index in [4.69, 9.17) is 4.42 Å². The van der Waals surface area contributed by atoms with Crippen LogP contribution < -0.4 is 5.32 Å². The third-order valence-corrected chi connectivity index (χ3v) is 5.48. The van der Waals surface area contributed by atoms with E-state index in [9.17, 15) is 4.79 Å². The van der Waals surface area contributed by atoms with Crippen LogP contribution in [0.4, 0.5) is 0 Å². The molecule has 0 radical (unpaired) electrons. The van der Waals surface area contributed by atoms with Crippen molar-refractivity contribution in [2.75, 3.05) is 5.75 Å². The average Bonchev–Trinajstić information content (AvgIpc) is 3.21. The smallest absolute Gasteiger partial charge is 0.277 e. The maximum absolute atomic E-state index is 12.4. The van der Waals surface area contributed by atoms with Gasteiger partial charge in [-0.05, 0) is 42.3 Å². The van der Waals surface area contributed by atoms with E-state index in [1.165, 1.54) is 11.8 Å². The Morgan fingerprint density at radius 2 is 1.86 bits per heavy atom. The first kappa shape index (κ1) is 19.2. The maximum Gasteiger partial charge on any atom is 0.277 e. The lowest BCUT2D eigenvalue weighted by molar-refractivity contribution is -0.119. The molecule has 29 heavy (non-hydrogen) atoms. The highest BCUT2D eigenvalue weighted by Gasteiger charge is 2.15. The number of aryl methyl sites for hydroxylation is 1. The molecule has 3 aromatic carbocycles. The Morgan fingerprint density at radius 3 is 2.72 bits per heavy atom. The van der Waals surface area contributed by atoms with Crippen molar-refractivity contribution < 1.29 is 9.21 Å². The van der Waals surface area contributed by atoms with Gasteiger partial charge in [-0.1, -0.05) is 71.9 Å². The Hall–Kier alpha value is -3.12. The van der Waals surface area contributed by atoms with Crippen molar-refractivity contribution in [3.63, 3.8) is 0 Å². The summed E-state index contributed by atoms with van der Waals surface area (Å²) in [5.41, 5.74) is 3.09. The van der Waals surface area contributed by atoms with Crippen molar-refractivity contribution >= 4 is 28.4 Å². The number of nitrogens with zero attached hydrogens (tertiary/aromatic N) is 2. The molecule has 5 nitrogen and oxygen atoms in total. The van der Waals surface area contributed by atoms with Crippen molar-refractivity contribution in [2.45, 2.75) is 25.1 Å². The number of thioether (sulfide) groups is 1. The van der Waals surface area contributed by atoms with E-state index in [0.717, 1.165) is 27.5 Å². The molecule has 1 aromatic heterocycles. The molecule has 0 unspecified atom stereocenters. The SMILES string of the molecule is Cc1cccc(-c2nnc(SCC(=O)N[C@@H](C)c3cccc4ccccc34)o2)c1. The van der Waals surface area contributed by atoms with Crippen LogP contribution in [0.5, 0.6) is 0 Å². The summed E-state index contributed by atoms with van der Waals surface area (Å²) in [6.07, 6.45) is 0. The normalized spacial score (nSPS) is 12.1. The number of hydrogen-bond acceptors (Lipinski definition) is 5. The molecular weight excluding hydrogens is 382 g/mol. The van der Waals surface area contributed by atoms with Gasteiger partial charge in [0.25, 0.3) is 5.22 Å². The predicted molar refractivity (Wildman–Crippen MR) is 116 cm³/mol. The molecule has 1 N–H and O–H groups in total. The number of fused-ring (bicyclic) bond motifs is 1. The van der Waals surface area contributed by atoms with Crippen LogP contribution in [0.3, 0.4) is 0 Å². The van der Waals surface area contributed by atoms with Crippen LogP contribution in [0.15, 0.2) is 76.4 Å². The molecule has 0 fully saturated rings. The van der Waals surface area contributed by atoms with Crippen LogP contribution in [0.2, 0.25) is 0 Å². The maximum atomic E-state index is 12.4. The second-order valence-corrected chi connectivity index (χ2v) is 7.82. The van der Waals surface area contributed by atoms with Crippen LogP contribution in [0.1, 0.15) is 24.1 Å². The molecule has 0 aliphatic rings. The van der Waals surface area contributed by atoms with Crippen LogP contribution in [0, 0.1) is 6.92 Å². The fourth-order valence-electron chi connectivity index (χ4n) is 3.28. The number of nitrogens with one attached hydrogen (secondary N) is 1. The molecule has 0 aliphatic carbocycles. The molecule has 0 saturated heterocycles. The number of hydrogen-bond donors (Lipinski definition) is 1. The van der Waals surface area contributed by atoms with E-state index >= 15 is 0 Å². The van der Waals surface area contributed by atoms with Crippen LogP contribution in [-0.2, 0) is 4.79 Å². The van der Waals surface area contributed by atoms with Gasteiger partial charge in [-0.25, -0.2) is 0 Å². The molecule has 4 rings (SSSR count). The highest BCUT2D eigenvalue weighted by Crippen LogP contribution is 2.26. The van der Waals surface area contributed by atoms with Crippen molar-refractivity contribution in [1.29, 1.82) is 0 Å². The number of benzene rings is 3. The average molecular weight is 404 g/mol. The summed E-state index contributed by atoms with van der Waals surface area (Å²) >= 11 is 1.24. The molecule has 0 saturated carbocycles. The van der Waals surface area contributed by atoms with E-state index in [0.29, 0.717) is 11.1 Å². The summed E-state index contributed by atoms with van der Waals surface area (Å²) in [4.78, 5) is 12.4. The minimum Gasteiger partial charge on any atom is -0.411 e. The van der Waals surface area contributed by atoms with Crippen molar-refractivity contribution in [3.05, 3.63) is 77.9 Å². The van der Waals surface area contributed by atoms with Gasteiger partial charge in [-0.15, -0.1) is 10.2 Å². The molecule has 1 atom stereocenters. The van der Waals surface area contributed by atoms with Crippen molar-refractivity contribution in [3.8, 4) is 11.5 Å². The summed E-state index contributed by atoms with van der Waals surface area (Å²) < 4.78 is 5.68. The first-order valence-electron chi connectivity index (χ1n) is 9.40. The fourth-order valence-corrected chi connectivity index (χ4v) is 3.85. The molecule has 1 amide bonds. The van der Waals surface area contributed by atoms with Gasteiger partial charge in [0.2, 0.25) is 11.8 Å². The molecule has 0 spiro atoms. The summed E-state index contributed by atoms with van der Waals surface area (Å²) in [7, 11) is 0. The Bertz CT molecular complexity index is 1150. The molecule has 0 aliphatic heterocycles. The monoisotopic (exact) mass is 403 g/mol. The zero-order chi connectivity index (χ0) is 20.2. The highest BCUT2D eigenvalue weighted by atomic mass is 32.2. The van der Waals surface area contributed by atoms with Crippen molar-refractivity contribution in [1.82, 2.24) is 15.5 Å². The Labute approximate surface area is 173 Å². The van der Waals surface area contributed by atoms with Gasteiger partial charge in [-0.2, -0.15) is 0 Å². The van der Waals surface area contributed by atoms with Gasteiger partial charge in [0.15, 0.2) is 0 Å². The Morgan fingerprint density at radius 1 is 1.07 bits per heavy atom. The second kappa shape index (κ2) is 8.49. The lowest BCUT2D eigenvalue weighted by Gasteiger charge is -2.16. The summed E-state index contributed by atoms with van der Waals surface area (Å²) in [5.74, 6) is 0.594. The Kier molecular flexibility index (Phi) is 5.62. The molecular formula is C23H21N3O2S. The fraction of sp³-hybridized carbons (Fsp3) is 0.174. The van der Waals surface area contributed by atoms with Gasteiger partial charge in [0.1, 0.15) is 0 Å². The summed E-state index contributed by atoms with van der Waals surface area (Å²) in [6.45, 7) is 4.00. The number of carbonyl (C=O) groups is 1. The van der Waals surface area contributed by atoms with E-state index in [-0.39, 0.29) is 17.7 Å². The predicted octanol–water partition coefficient (Wildman–Crippen LogP) is 5.17. The minimum absolute atomic E-state index is 0.0780. The number of aromatic nitrogens is 2. The topological polar surface area (TPSA) is 68.0 Å². The lowest BCUT2D eigenvalue weighted by atomic mass is 10.00. The number of rotatable bonds is 6. The van der Waals surface area contributed by atoms with Gasteiger partial charge < -0.3 is 9.73 Å².